The molecule has 0 nitrogen and oxygen atoms in total. The van der Waals surface area contributed by atoms with Gasteiger partial charge < -0.3 is 0 Å². The van der Waals surface area contributed by atoms with E-state index in [9.17, 15) is 0 Å². The summed E-state index contributed by atoms with van der Waals surface area (Å²) in [6.45, 7) is 0. The molecule has 3 aliphatic rings. The zero-order valence-corrected chi connectivity index (χ0v) is 5.52. The highest BCUT2D eigenvalue weighted by molar-refractivity contribution is 5.71. The van der Waals surface area contributed by atoms with Gasteiger partial charge in [0, 0.05) is 6.42 Å². The van der Waals surface area contributed by atoms with E-state index in [0.717, 1.165) is 6.42 Å². The van der Waals surface area contributed by atoms with E-state index in [-0.39, 0.29) is 0 Å². The normalized spacial score (nSPS) is 25.6. The van der Waals surface area contributed by atoms with E-state index in [1.165, 1.54) is 22.3 Å². The minimum Gasteiger partial charge on any atom is -0.0676 e. The van der Waals surface area contributed by atoms with Crippen molar-refractivity contribution in [3.05, 3.63) is 53.0 Å². The predicted molar refractivity (Wildman–Crippen MR) is 40.2 cm³/mol. The van der Waals surface area contributed by atoms with Gasteiger partial charge >= 0.3 is 0 Å². The minimum absolute atomic E-state index is 1.13. The highest BCUT2D eigenvalue weighted by atomic mass is 14.3. The Hall–Kier alpha value is -1.04. The molecule has 2 bridgehead atoms. The van der Waals surface area contributed by atoms with E-state index in [1.54, 1.807) is 0 Å². The maximum Gasteiger partial charge on any atom is 0.0391 e. The Balaban J connectivity index is 2.35. The lowest BCUT2D eigenvalue weighted by molar-refractivity contribution is 1.30. The van der Waals surface area contributed by atoms with E-state index < -0.39 is 0 Å². The van der Waals surface area contributed by atoms with Crippen molar-refractivity contribution in [2.24, 2.45) is 0 Å². The van der Waals surface area contributed by atoms with Gasteiger partial charge in [0.05, 0.1) is 0 Å². The van der Waals surface area contributed by atoms with Crippen LogP contribution >= 0.6 is 0 Å². The van der Waals surface area contributed by atoms with Crippen molar-refractivity contribution in [3.8, 4) is 0 Å². The molecule has 0 unspecified atom stereocenters. The first kappa shape index (κ1) is 4.73. The van der Waals surface area contributed by atoms with Crippen LogP contribution in [0.15, 0.2) is 46.6 Å². The van der Waals surface area contributed by atoms with Gasteiger partial charge in [-0.05, 0) is 28.7 Å². The average Bonchev–Trinajstić information content (AvgIpc) is 2.60. The highest BCUT2D eigenvalue weighted by Gasteiger charge is 2.28. The molecule has 0 aromatic carbocycles. The summed E-state index contributed by atoms with van der Waals surface area (Å²) in [6.07, 6.45) is 13.0. The third-order valence-corrected chi connectivity index (χ3v) is 2.27. The molecule has 3 aliphatic carbocycles. The van der Waals surface area contributed by atoms with Crippen molar-refractivity contribution in [3.63, 3.8) is 0 Å². The third kappa shape index (κ3) is 0.367. The monoisotopic (exact) mass is 126 g/mol. The Bertz CT molecular complexity index is 322. The number of fused-ring (bicyclic) bond motifs is 4. The smallest absolute Gasteiger partial charge is 0.0391 e. The lowest BCUT2D eigenvalue weighted by Gasteiger charge is -2.00. The molecule has 3 rings (SSSR count). The first-order valence-electron chi connectivity index (χ1n) is 3.53. The van der Waals surface area contributed by atoms with Crippen LogP contribution < -0.4 is 0 Å². The van der Waals surface area contributed by atoms with Gasteiger partial charge in [-0.3, -0.25) is 0 Å². The van der Waals surface area contributed by atoms with Crippen LogP contribution in [-0.2, 0) is 0 Å². The molecule has 0 aromatic heterocycles. The molecular formula is C10H6. The summed E-state index contributed by atoms with van der Waals surface area (Å²) in [6, 6.07) is 0. The average molecular weight is 126 g/mol. The molecule has 0 aromatic rings. The van der Waals surface area contributed by atoms with E-state index in [1.807, 2.05) is 0 Å². The first-order chi connectivity index (χ1) is 4.95. The van der Waals surface area contributed by atoms with Crippen LogP contribution in [0.4, 0.5) is 0 Å². The predicted octanol–water partition coefficient (Wildman–Crippen LogP) is 2.20. The molecule has 46 valence electrons. The molecule has 0 atom stereocenters. The summed E-state index contributed by atoms with van der Waals surface area (Å²) in [7, 11) is 0. The Morgan fingerprint density at radius 1 is 1.40 bits per heavy atom. The third-order valence-electron chi connectivity index (χ3n) is 2.27. The molecular weight excluding hydrogens is 120 g/mol. The fraction of sp³-hybridized carbons (Fsp3) is 0.100. The second-order valence-electron chi connectivity index (χ2n) is 2.82. The van der Waals surface area contributed by atoms with E-state index in [0.29, 0.717) is 0 Å². The summed E-state index contributed by atoms with van der Waals surface area (Å²) >= 11 is 0. The maximum absolute atomic E-state index is 3.25. The second kappa shape index (κ2) is 1.34. The Morgan fingerprint density at radius 3 is 3.30 bits per heavy atom. The van der Waals surface area contributed by atoms with Crippen molar-refractivity contribution in [2.45, 2.75) is 6.42 Å². The van der Waals surface area contributed by atoms with E-state index >= 15 is 0 Å². The molecule has 0 aliphatic heterocycles. The van der Waals surface area contributed by atoms with Gasteiger partial charge in [0.25, 0.3) is 0 Å². The molecule has 2 radical (unpaired) electrons. The molecule has 0 N–H and O–H groups in total. The summed E-state index contributed by atoms with van der Waals surface area (Å²) in [5.41, 5.74) is 5.69. The molecule has 0 saturated carbocycles. The summed E-state index contributed by atoms with van der Waals surface area (Å²) in [5.74, 6) is 0. The van der Waals surface area contributed by atoms with Gasteiger partial charge in [-0.25, -0.2) is 0 Å². The Labute approximate surface area is 60.2 Å². The molecule has 0 heterocycles. The number of rotatable bonds is 0. The fourth-order valence-electron chi connectivity index (χ4n) is 1.78. The Kier molecular flexibility index (Phi) is 0.634. The second-order valence-corrected chi connectivity index (χ2v) is 2.82. The van der Waals surface area contributed by atoms with Crippen molar-refractivity contribution < 1.29 is 0 Å². The summed E-state index contributed by atoms with van der Waals surface area (Å²) in [5, 5.41) is 0. The van der Waals surface area contributed by atoms with Gasteiger partial charge in [-0.1, -0.05) is 24.3 Å². The van der Waals surface area contributed by atoms with E-state index in [2.05, 4.69) is 30.7 Å². The quantitative estimate of drug-likeness (QED) is 0.466. The van der Waals surface area contributed by atoms with Crippen molar-refractivity contribution in [2.75, 3.05) is 0 Å². The summed E-state index contributed by atoms with van der Waals surface area (Å²) in [4.78, 5) is 0. The fourth-order valence-corrected chi connectivity index (χ4v) is 1.78. The van der Waals surface area contributed by atoms with Crippen LogP contribution in [0.5, 0.6) is 0 Å². The van der Waals surface area contributed by atoms with Gasteiger partial charge in [0.2, 0.25) is 0 Å². The highest BCUT2D eigenvalue weighted by Crippen LogP contribution is 2.45. The van der Waals surface area contributed by atoms with Gasteiger partial charge in [-0.2, -0.15) is 0 Å². The van der Waals surface area contributed by atoms with Crippen LogP contribution in [0, 0.1) is 6.42 Å². The van der Waals surface area contributed by atoms with Crippen LogP contribution in [0.1, 0.15) is 6.42 Å². The van der Waals surface area contributed by atoms with Gasteiger partial charge in [0.1, 0.15) is 0 Å². The van der Waals surface area contributed by atoms with Crippen LogP contribution in [-0.4, -0.2) is 0 Å². The maximum atomic E-state index is 3.25. The van der Waals surface area contributed by atoms with Crippen LogP contribution in [0.3, 0.4) is 0 Å². The molecule has 0 amide bonds. The minimum atomic E-state index is 1.13. The number of allylic oxidation sites excluding steroid dienone is 8. The lowest BCUT2D eigenvalue weighted by Crippen LogP contribution is -1.83. The molecule has 0 fully saturated rings. The number of hydrogen-bond donors (Lipinski definition) is 0. The molecule has 10 heavy (non-hydrogen) atoms. The van der Waals surface area contributed by atoms with Crippen molar-refractivity contribution >= 4 is 0 Å². The molecule has 0 heteroatoms. The zero-order chi connectivity index (χ0) is 6.55. The van der Waals surface area contributed by atoms with Gasteiger partial charge in [0.15, 0.2) is 0 Å². The molecule has 0 saturated heterocycles. The SMILES string of the molecule is [C]1C=C2CC1=C1C=CC=C21. The Morgan fingerprint density at radius 2 is 2.40 bits per heavy atom. The topological polar surface area (TPSA) is 0 Å². The van der Waals surface area contributed by atoms with E-state index in [4.69, 9.17) is 0 Å². The number of hydrogen-bond acceptors (Lipinski definition) is 0. The van der Waals surface area contributed by atoms with Gasteiger partial charge in [-0.15, -0.1) is 0 Å². The first-order valence-corrected chi connectivity index (χ1v) is 3.53. The zero-order valence-electron chi connectivity index (χ0n) is 5.52. The van der Waals surface area contributed by atoms with Crippen molar-refractivity contribution in [1.29, 1.82) is 0 Å². The summed E-state index contributed by atoms with van der Waals surface area (Å²) < 4.78 is 0. The van der Waals surface area contributed by atoms with Crippen LogP contribution in [0.25, 0.3) is 0 Å². The van der Waals surface area contributed by atoms with Crippen LogP contribution in [0.2, 0.25) is 0 Å². The van der Waals surface area contributed by atoms with Crippen molar-refractivity contribution in [1.82, 2.24) is 0 Å². The molecule has 0 spiro atoms. The largest absolute Gasteiger partial charge is 0.0676 e. The lowest BCUT2D eigenvalue weighted by atomic mass is 10.0. The standard InChI is InChI=1S/C10H6/c1-2-9-7-4-5-8(6-7)10(9)3-1/h1-4H,6H2.